The van der Waals surface area contributed by atoms with Gasteiger partial charge in [0.05, 0.1) is 5.69 Å². The van der Waals surface area contributed by atoms with Gasteiger partial charge in [-0.1, -0.05) is 19.8 Å². The SMILES string of the molecule is Cc1[nH]nc(C(=O)O)c1S(=O)(=O)NCC1CCCC(C)C1. The van der Waals surface area contributed by atoms with Crippen LogP contribution in [0.1, 0.15) is 48.8 Å². The number of hydrogen-bond acceptors (Lipinski definition) is 4. The molecule has 1 aromatic rings. The lowest BCUT2D eigenvalue weighted by atomic mass is 9.83. The van der Waals surface area contributed by atoms with Gasteiger partial charge in [0.25, 0.3) is 0 Å². The Morgan fingerprint density at radius 1 is 1.48 bits per heavy atom. The number of carbonyl (C=O) groups is 1. The molecule has 0 spiro atoms. The van der Waals surface area contributed by atoms with E-state index >= 15 is 0 Å². The van der Waals surface area contributed by atoms with Crippen molar-refractivity contribution in [1.82, 2.24) is 14.9 Å². The molecular formula is C13H21N3O4S. The standard InChI is InChI=1S/C13H21N3O4S/c1-8-4-3-5-10(6-8)7-14-21(19,20)12-9(2)15-16-11(12)13(17)18/h8,10,14H,3-7H2,1-2H3,(H,15,16)(H,17,18). The van der Waals surface area contributed by atoms with E-state index in [4.69, 9.17) is 5.11 Å². The number of carboxylic acid groups (broad SMARTS) is 1. The summed E-state index contributed by atoms with van der Waals surface area (Å²) < 4.78 is 27.2. The number of nitrogens with zero attached hydrogens (tertiary/aromatic N) is 1. The van der Waals surface area contributed by atoms with Crippen molar-refractivity contribution in [2.24, 2.45) is 11.8 Å². The molecule has 21 heavy (non-hydrogen) atoms. The number of carboxylic acids is 1. The summed E-state index contributed by atoms with van der Waals surface area (Å²) in [4.78, 5) is 10.8. The molecule has 1 heterocycles. The molecule has 0 radical (unpaired) electrons. The van der Waals surface area contributed by atoms with Crippen LogP contribution in [0.2, 0.25) is 0 Å². The van der Waals surface area contributed by atoms with Crippen LogP contribution in [-0.2, 0) is 10.0 Å². The Bertz CT molecular complexity index is 623. The summed E-state index contributed by atoms with van der Waals surface area (Å²) in [6.45, 7) is 4.01. The number of aromatic carboxylic acids is 1. The Hall–Kier alpha value is -1.41. The van der Waals surface area contributed by atoms with Crippen molar-refractivity contribution in [3.63, 3.8) is 0 Å². The van der Waals surface area contributed by atoms with Crippen molar-refractivity contribution < 1.29 is 18.3 Å². The van der Waals surface area contributed by atoms with E-state index in [2.05, 4.69) is 21.8 Å². The predicted octanol–water partition coefficient (Wildman–Crippen LogP) is 1.52. The van der Waals surface area contributed by atoms with Crippen molar-refractivity contribution in [2.45, 2.75) is 44.4 Å². The fourth-order valence-corrected chi connectivity index (χ4v) is 4.37. The van der Waals surface area contributed by atoms with Gasteiger partial charge < -0.3 is 5.11 Å². The molecule has 0 amide bonds. The van der Waals surface area contributed by atoms with E-state index in [-0.39, 0.29) is 10.6 Å². The second-order valence-corrected chi connectivity index (χ2v) is 7.52. The maximum Gasteiger partial charge on any atom is 0.357 e. The van der Waals surface area contributed by atoms with Crippen LogP contribution in [0.3, 0.4) is 0 Å². The number of aromatic amines is 1. The van der Waals surface area contributed by atoms with E-state index in [1.54, 1.807) is 0 Å². The van der Waals surface area contributed by atoms with Crippen LogP contribution in [0.15, 0.2) is 4.90 Å². The predicted molar refractivity (Wildman–Crippen MR) is 76.6 cm³/mol. The van der Waals surface area contributed by atoms with E-state index < -0.39 is 21.7 Å². The number of aryl methyl sites for hydroxylation is 1. The smallest absolute Gasteiger partial charge is 0.357 e. The lowest BCUT2D eigenvalue weighted by Gasteiger charge is -2.26. The minimum atomic E-state index is -3.86. The van der Waals surface area contributed by atoms with Gasteiger partial charge >= 0.3 is 5.97 Å². The monoisotopic (exact) mass is 315 g/mol. The van der Waals surface area contributed by atoms with Crippen molar-refractivity contribution >= 4 is 16.0 Å². The summed E-state index contributed by atoms with van der Waals surface area (Å²) in [5.41, 5.74) is -0.228. The highest BCUT2D eigenvalue weighted by molar-refractivity contribution is 7.89. The fraction of sp³-hybridized carbons (Fsp3) is 0.692. The minimum Gasteiger partial charge on any atom is -0.476 e. The van der Waals surface area contributed by atoms with Gasteiger partial charge in [-0.05, 0) is 31.6 Å². The number of aromatic nitrogens is 2. The third-order valence-corrected chi connectivity index (χ3v) is 5.55. The molecule has 2 rings (SSSR count). The fourth-order valence-electron chi connectivity index (χ4n) is 2.94. The second kappa shape index (κ2) is 6.15. The average Bonchev–Trinajstić information content (AvgIpc) is 2.80. The Morgan fingerprint density at radius 3 is 2.81 bits per heavy atom. The molecule has 1 saturated carbocycles. The minimum absolute atomic E-state index is 0.233. The number of rotatable bonds is 5. The van der Waals surface area contributed by atoms with Gasteiger partial charge in [0.15, 0.2) is 5.69 Å². The summed E-state index contributed by atoms with van der Waals surface area (Å²) in [7, 11) is -3.86. The maximum absolute atomic E-state index is 12.3. The van der Waals surface area contributed by atoms with Crippen molar-refractivity contribution in [3.05, 3.63) is 11.4 Å². The zero-order chi connectivity index (χ0) is 15.6. The van der Waals surface area contributed by atoms with Crippen molar-refractivity contribution in [3.8, 4) is 0 Å². The molecule has 8 heteroatoms. The van der Waals surface area contributed by atoms with Gasteiger partial charge in [0.1, 0.15) is 4.90 Å². The Balaban J connectivity index is 2.12. The molecule has 2 atom stereocenters. The largest absolute Gasteiger partial charge is 0.476 e. The molecule has 1 aromatic heterocycles. The summed E-state index contributed by atoms with van der Waals surface area (Å²) >= 11 is 0. The molecule has 1 aliphatic carbocycles. The lowest BCUT2D eigenvalue weighted by Crippen LogP contribution is -2.32. The first-order chi connectivity index (χ1) is 9.81. The zero-order valence-corrected chi connectivity index (χ0v) is 13.0. The van der Waals surface area contributed by atoms with Gasteiger partial charge in [-0.15, -0.1) is 0 Å². The van der Waals surface area contributed by atoms with E-state index in [1.165, 1.54) is 13.3 Å². The van der Waals surface area contributed by atoms with E-state index in [9.17, 15) is 13.2 Å². The first-order valence-corrected chi connectivity index (χ1v) is 8.57. The van der Waals surface area contributed by atoms with Gasteiger partial charge in [0, 0.05) is 6.54 Å². The molecular weight excluding hydrogens is 294 g/mol. The highest BCUT2D eigenvalue weighted by Crippen LogP contribution is 2.28. The molecule has 118 valence electrons. The van der Waals surface area contributed by atoms with Crippen LogP contribution in [-0.4, -0.2) is 36.2 Å². The van der Waals surface area contributed by atoms with Gasteiger partial charge in [0.2, 0.25) is 10.0 Å². The van der Waals surface area contributed by atoms with Crippen LogP contribution in [0.5, 0.6) is 0 Å². The summed E-state index contributed by atoms with van der Waals surface area (Å²) in [5.74, 6) is -0.437. The van der Waals surface area contributed by atoms with E-state index in [1.807, 2.05) is 0 Å². The highest BCUT2D eigenvalue weighted by atomic mass is 32.2. The lowest BCUT2D eigenvalue weighted by molar-refractivity contribution is 0.0686. The quantitative estimate of drug-likeness (QED) is 0.762. The summed E-state index contributed by atoms with van der Waals surface area (Å²) in [6, 6.07) is 0. The number of H-pyrrole nitrogens is 1. The van der Waals surface area contributed by atoms with Crippen LogP contribution >= 0.6 is 0 Å². The normalized spacial score (nSPS) is 23.1. The molecule has 1 fully saturated rings. The Kier molecular flexibility index (Phi) is 4.67. The summed E-state index contributed by atoms with van der Waals surface area (Å²) in [6.07, 6.45) is 4.30. The zero-order valence-electron chi connectivity index (χ0n) is 12.2. The molecule has 2 unspecified atom stereocenters. The van der Waals surface area contributed by atoms with E-state index in [0.717, 1.165) is 19.3 Å². The molecule has 0 aromatic carbocycles. The van der Waals surface area contributed by atoms with Crippen LogP contribution in [0.25, 0.3) is 0 Å². The molecule has 0 bridgehead atoms. The third kappa shape index (κ3) is 3.62. The Morgan fingerprint density at radius 2 is 2.19 bits per heavy atom. The van der Waals surface area contributed by atoms with Gasteiger partial charge in [-0.3, -0.25) is 5.10 Å². The number of nitrogens with one attached hydrogen (secondary N) is 2. The Labute approximate surface area is 124 Å². The average molecular weight is 315 g/mol. The van der Waals surface area contributed by atoms with Crippen molar-refractivity contribution in [2.75, 3.05) is 6.54 Å². The van der Waals surface area contributed by atoms with Crippen LogP contribution in [0, 0.1) is 18.8 Å². The van der Waals surface area contributed by atoms with Gasteiger partial charge in [-0.25, -0.2) is 17.9 Å². The topological polar surface area (TPSA) is 112 Å². The van der Waals surface area contributed by atoms with E-state index in [0.29, 0.717) is 18.4 Å². The molecule has 3 N–H and O–H groups in total. The third-order valence-electron chi connectivity index (χ3n) is 3.97. The van der Waals surface area contributed by atoms with Crippen LogP contribution in [0.4, 0.5) is 0 Å². The van der Waals surface area contributed by atoms with Crippen LogP contribution < -0.4 is 4.72 Å². The number of sulfonamides is 1. The first kappa shape index (κ1) is 16.0. The molecule has 7 nitrogen and oxygen atoms in total. The molecule has 0 saturated heterocycles. The highest BCUT2D eigenvalue weighted by Gasteiger charge is 2.29. The molecule has 1 aliphatic rings. The first-order valence-electron chi connectivity index (χ1n) is 7.09. The van der Waals surface area contributed by atoms with Gasteiger partial charge in [-0.2, -0.15) is 5.10 Å². The summed E-state index contributed by atoms with van der Waals surface area (Å²) in [5, 5.41) is 15.0. The maximum atomic E-state index is 12.3. The second-order valence-electron chi connectivity index (χ2n) is 5.82. The molecule has 0 aliphatic heterocycles. The number of hydrogen-bond donors (Lipinski definition) is 3. The van der Waals surface area contributed by atoms with Crippen molar-refractivity contribution in [1.29, 1.82) is 0 Å².